The van der Waals surface area contributed by atoms with Gasteiger partial charge in [-0.3, -0.25) is 10.3 Å². The Labute approximate surface area is 189 Å². The number of allylic oxidation sites excluding steroid dienone is 1. The standard InChI is InChI=1S/C22H33N9O/c1-15(24)11-19(25)27-21-14-20(28-22(29-21)30-7-9-32-10-8-30)26-16-12-17-3-4-18(13-16)31(17)6-2-5-23/h11,14,16-18H,2-4,6-10,12-13,24H2,1H3,(H3,25,26,27,28,29)/b15-11-/t16-,17-,18+. The molecule has 0 radical (unpaired) electrons. The largest absolute Gasteiger partial charge is 0.402 e. The second-order valence-electron chi connectivity index (χ2n) is 8.81. The van der Waals surface area contributed by atoms with Gasteiger partial charge in [-0.05, 0) is 38.7 Å². The van der Waals surface area contributed by atoms with Gasteiger partial charge in [0, 0.05) is 55.9 Å². The van der Waals surface area contributed by atoms with Crippen LogP contribution in [0.25, 0.3) is 0 Å². The molecule has 4 heterocycles. The van der Waals surface area contributed by atoms with Crippen LogP contribution in [0, 0.1) is 16.7 Å². The van der Waals surface area contributed by atoms with E-state index in [0.29, 0.717) is 55.2 Å². The third-order valence-corrected chi connectivity index (χ3v) is 6.36. The van der Waals surface area contributed by atoms with Crippen molar-refractivity contribution in [3.05, 3.63) is 17.8 Å². The van der Waals surface area contributed by atoms with Crippen LogP contribution < -0.4 is 21.3 Å². The summed E-state index contributed by atoms with van der Waals surface area (Å²) in [6.07, 6.45) is 6.66. The fourth-order valence-corrected chi connectivity index (χ4v) is 5.02. The smallest absolute Gasteiger partial charge is 0.229 e. The minimum atomic E-state index is 0.187. The topological polar surface area (TPSA) is 139 Å². The number of amidine groups is 1. The highest BCUT2D eigenvalue weighted by molar-refractivity contribution is 6.01. The molecule has 3 atom stereocenters. The van der Waals surface area contributed by atoms with Crippen molar-refractivity contribution < 1.29 is 4.74 Å². The van der Waals surface area contributed by atoms with Crippen molar-refractivity contribution in [1.29, 1.82) is 10.7 Å². The van der Waals surface area contributed by atoms with E-state index >= 15 is 0 Å². The van der Waals surface area contributed by atoms with Crippen LogP contribution in [0.1, 0.15) is 39.0 Å². The summed E-state index contributed by atoms with van der Waals surface area (Å²) < 4.78 is 5.47. The van der Waals surface area contributed by atoms with Gasteiger partial charge in [0.05, 0.1) is 19.3 Å². The number of ether oxygens (including phenoxy) is 1. The van der Waals surface area contributed by atoms with Crippen LogP contribution in [0.3, 0.4) is 0 Å². The number of rotatable bonds is 7. The molecule has 0 amide bonds. The zero-order valence-electron chi connectivity index (χ0n) is 18.7. The maximum atomic E-state index is 8.96. The Bertz CT molecular complexity index is 872. The van der Waals surface area contributed by atoms with Crippen LogP contribution in [0.5, 0.6) is 0 Å². The molecular formula is C22H33N9O. The number of nitrogens with two attached hydrogens (primary N) is 1. The number of anilines is 3. The summed E-state index contributed by atoms with van der Waals surface area (Å²) >= 11 is 0. The Morgan fingerprint density at radius 2 is 1.97 bits per heavy atom. The Kier molecular flexibility index (Phi) is 7.07. The monoisotopic (exact) mass is 439 g/mol. The van der Waals surface area contributed by atoms with E-state index < -0.39 is 0 Å². The van der Waals surface area contributed by atoms with E-state index in [1.54, 1.807) is 13.0 Å². The normalized spacial score (nSPS) is 25.9. The van der Waals surface area contributed by atoms with Gasteiger partial charge in [0.2, 0.25) is 5.95 Å². The first kappa shape index (κ1) is 22.3. The van der Waals surface area contributed by atoms with Gasteiger partial charge in [0.15, 0.2) is 0 Å². The maximum Gasteiger partial charge on any atom is 0.229 e. The highest BCUT2D eigenvalue weighted by Gasteiger charge is 2.40. The molecule has 4 rings (SSSR count). The summed E-state index contributed by atoms with van der Waals surface area (Å²) in [4.78, 5) is 14.1. The molecule has 5 N–H and O–H groups in total. The zero-order chi connectivity index (χ0) is 22.5. The number of nitrogens with zero attached hydrogens (tertiary/aromatic N) is 5. The molecule has 1 aromatic rings. The van der Waals surface area contributed by atoms with Crippen LogP contribution in [0.4, 0.5) is 17.6 Å². The van der Waals surface area contributed by atoms with Gasteiger partial charge in [0.25, 0.3) is 0 Å². The van der Waals surface area contributed by atoms with E-state index in [4.69, 9.17) is 26.1 Å². The summed E-state index contributed by atoms with van der Waals surface area (Å²) in [5.41, 5.74) is 6.27. The van der Waals surface area contributed by atoms with Gasteiger partial charge < -0.3 is 26.0 Å². The first-order chi connectivity index (χ1) is 15.5. The number of fused-ring (bicyclic) bond motifs is 2. The lowest BCUT2D eigenvalue weighted by molar-refractivity contribution is 0.122. The lowest BCUT2D eigenvalue weighted by Gasteiger charge is -2.39. The fraction of sp³-hybridized carbons (Fsp3) is 0.636. The van der Waals surface area contributed by atoms with Crippen molar-refractivity contribution in [3.8, 4) is 6.07 Å². The Balaban J connectivity index is 1.50. The van der Waals surface area contributed by atoms with Crippen molar-refractivity contribution >= 4 is 23.4 Å². The first-order valence-electron chi connectivity index (χ1n) is 11.4. The van der Waals surface area contributed by atoms with Crippen molar-refractivity contribution in [1.82, 2.24) is 14.9 Å². The van der Waals surface area contributed by atoms with E-state index in [-0.39, 0.29) is 5.84 Å². The van der Waals surface area contributed by atoms with Gasteiger partial charge in [-0.2, -0.15) is 15.2 Å². The summed E-state index contributed by atoms with van der Waals surface area (Å²) in [6, 6.07) is 5.54. The molecule has 2 bridgehead atoms. The van der Waals surface area contributed by atoms with Gasteiger partial charge in [0.1, 0.15) is 17.5 Å². The molecule has 3 aliphatic heterocycles. The average molecular weight is 440 g/mol. The molecule has 3 saturated heterocycles. The minimum Gasteiger partial charge on any atom is -0.402 e. The highest BCUT2D eigenvalue weighted by atomic mass is 16.5. The van der Waals surface area contributed by atoms with Crippen molar-refractivity contribution in [3.63, 3.8) is 0 Å². The molecule has 32 heavy (non-hydrogen) atoms. The molecule has 0 saturated carbocycles. The number of piperidine rings is 1. The van der Waals surface area contributed by atoms with E-state index in [1.807, 2.05) is 6.07 Å². The second kappa shape index (κ2) is 10.1. The van der Waals surface area contributed by atoms with E-state index in [9.17, 15) is 0 Å². The van der Waals surface area contributed by atoms with Crippen LogP contribution in [0.2, 0.25) is 0 Å². The van der Waals surface area contributed by atoms with Crippen LogP contribution in [-0.4, -0.2) is 71.7 Å². The first-order valence-corrected chi connectivity index (χ1v) is 11.4. The van der Waals surface area contributed by atoms with Gasteiger partial charge in [-0.25, -0.2) is 0 Å². The Hall–Kier alpha value is -2.90. The molecule has 0 aliphatic carbocycles. The number of nitrogens with one attached hydrogen (secondary N) is 3. The molecule has 3 fully saturated rings. The molecule has 172 valence electrons. The van der Waals surface area contributed by atoms with Gasteiger partial charge in [-0.1, -0.05) is 0 Å². The number of hydrogen-bond acceptors (Lipinski definition) is 9. The third kappa shape index (κ3) is 5.47. The predicted molar refractivity (Wildman–Crippen MR) is 125 cm³/mol. The van der Waals surface area contributed by atoms with Crippen molar-refractivity contribution in [2.24, 2.45) is 5.73 Å². The average Bonchev–Trinajstić information content (AvgIpc) is 3.00. The Morgan fingerprint density at radius 1 is 1.28 bits per heavy atom. The van der Waals surface area contributed by atoms with Crippen LogP contribution in [-0.2, 0) is 4.74 Å². The van der Waals surface area contributed by atoms with Gasteiger partial charge >= 0.3 is 0 Å². The minimum absolute atomic E-state index is 0.187. The third-order valence-electron chi connectivity index (χ3n) is 6.36. The molecule has 0 aromatic carbocycles. The molecule has 10 heteroatoms. The molecular weight excluding hydrogens is 406 g/mol. The summed E-state index contributed by atoms with van der Waals surface area (Å²) in [7, 11) is 0. The SMILES string of the molecule is C/C(N)=C/C(=N)Nc1cc(N[C@@H]2C[C@H]3CC[C@@H](C2)N3CCC#N)nc(N2CCOCC2)n1. The summed E-state index contributed by atoms with van der Waals surface area (Å²) in [5.74, 6) is 2.16. The molecule has 10 nitrogen and oxygen atoms in total. The second-order valence-corrected chi connectivity index (χ2v) is 8.81. The lowest BCUT2D eigenvalue weighted by atomic mass is 9.97. The number of aromatic nitrogens is 2. The quantitative estimate of drug-likeness (QED) is 0.370. The summed E-state index contributed by atoms with van der Waals surface area (Å²) in [5, 5.41) is 23.8. The van der Waals surface area contributed by atoms with E-state index in [1.165, 1.54) is 12.8 Å². The predicted octanol–water partition coefficient (Wildman–Crippen LogP) is 1.89. The summed E-state index contributed by atoms with van der Waals surface area (Å²) in [6.45, 7) is 5.41. The lowest BCUT2D eigenvalue weighted by Crippen LogP contribution is -2.47. The fourth-order valence-electron chi connectivity index (χ4n) is 5.02. The number of hydrogen-bond donors (Lipinski definition) is 4. The number of morpholine rings is 1. The Morgan fingerprint density at radius 3 is 2.62 bits per heavy atom. The van der Waals surface area contributed by atoms with Crippen molar-refractivity contribution in [2.45, 2.75) is 57.2 Å². The van der Waals surface area contributed by atoms with Crippen LogP contribution in [0.15, 0.2) is 17.8 Å². The molecule has 1 aromatic heterocycles. The van der Waals surface area contributed by atoms with Crippen LogP contribution >= 0.6 is 0 Å². The number of nitriles is 1. The highest BCUT2D eigenvalue weighted by Crippen LogP contribution is 2.37. The maximum absolute atomic E-state index is 8.96. The molecule has 0 unspecified atom stereocenters. The van der Waals surface area contributed by atoms with E-state index in [2.05, 4.69) is 31.5 Å². The molecule has 3 aliphatic rings. The zero-order valence-corrected chi connectivity index (χ0v) is 18.7. The molecule has 0 spiro atoms. The van der Waals surface area contributed by atoms with Crippen molar-refractivity contribution in [2.75, 3.05) is 48.4 Å². The van der Waals surface area contributed by atoms with Gasteiger partial charge in [-0.15, -0.1) is 0 Å². The van der Waals surface area contributed by atoms with E-state index in [0.717, 1.165) is 38.3 Å².